The summed E-state index contributed by atoms with van der Waals surface area (Å²) in [5.74, 6) is -3.72. The number of hydrogen-bond donors (Lipinski definition) is 1. The van der Waals surface area contributed by atoms with Crippen molar-refractivity contribution < 1.29 is 35.5 Å². The normalized spacial score (nSPS) is 13.0. The summed E-state index contributed by atoms with van der Waals surface area (Å²) in [4.78, 5) is 0. The van der Waals surface area contributed by atoms with Crippen LogP contribution >= 0.6 is 0 Å². The highest BCUT2D eigenvalue weighted by Gasteiger charge is 2.73. The van der Waals surface area contributed by atoms with Crippen LogP contribution in [0.5, 0.6) is 5.75 Å². The van der Waals surface area contributed by atoms with Gasteiger partial charge in [0.2, 0.25) is 0 Å². The van der Waals surface area contributed by atoms with E-state index in [0.717, 1.165) is 0 Å². The van der Waals surface area contributed by atoms with Crippen LogP contribution in [-0.4, -0.2) is 31.0 Å². The minimum atomic E-state index is -6.42. The summed E-state index contributed by atoms with van der Waals surface area (Å²) in [6.45, 7) is -0.00621. The summed E-state index contributed by atoms with van der Waals surface area (Å²) in [6.07, 6.45) is -0.816. The molecule has 0 saturated carbocycles. The smallest absolute Gasteiger partial charge is 0.462 e. The Morgan fingerprint density at radius 1 is 1.09 bits per heavy atom. The zero-order valence-corrected chi connectivity index (χ0v) is 11.2. The van der Waals surface area contributed by atoms with Gasteiger partial charge >= 0.3 is 18.1 Å². The lowest BCUT2D eigenvalue weighted by Gasteiger charge is -2.27. The number of nitrogens with one attached hydrogen (secondary N) is 1. The summed E-state index contributed by atoms with van der Waals surface area (Å²) in [5, 5.41) is 2.71. The maximum Gasteiger partial charge on any atom is 0.462 e. The van der Waals surface area contributed by atoms with Crippen LogP contribution in [0.25, 0.3) is 0 Å². The van der Waals surface area contributed by atoms with Gasteiger partial charge in [0.05, 0.1) is 6.21 Å². The summed E-state index contributed by atoms with van der Waals surface area (Å²) >= 11 is 0. The summed E-state index contributed by atoms with van der Waals surface area (Å²) in [6, 6.07) is -0.242. The fourth-order valence-electron chi connectivity index (χ4n) is 1.21. The second kappa shape index (κ2) is 6.76. The molecule has 0 bridgehead atoms. The molecular weight excluding hydrogens is 333 g/mol. The highest BCUT2D eigenvalue weighted by Crippen LogP contribution is 2.44. The Bertz CT molecular complexity index is 588. The molecule has 1 aromatic carbocycles. The molecule has 0 spiro atoms. The van der Waals surface area contributed by atoms with Crippen molar-refractivity contribution in [2.24, 2.45) is 5.10 Å². The summed E-state index contributed by atoms with van der Waals surface area (Å²) in [5.41, 5.74) is 0.661. The van der Waals surface area contributed by atoms with Crippen LogP contribution in [-0.2, 0) is 0 Å². The predicted octanol–water partition coefficient (Wildman–Crippen LogP) is 3.41. The van der Waals surface area contributed by atoms with Crippen LogP contribution in [0.2, 0.25) is 0 Å². The third-order valence-electron chi connectivity index (χ3n) is 2.37. The zero-order chi connectivity index (χ0) is 17.7. The largest absolute Gasteiger partial charge is 0.481 e. The van der Waals surface area contributed by atoms with E-state index in [1.165, 1.54) is 24.3 Å². The SMILES string of the molecule is C#CCOc1ccc(/C=N/NC(F)(F)C(F)(F)C(F)(F)F)cc1. The number of terminal acetylenes is 1. The van der Waals surface area contributed by atoms with Crippen molar-refractivity contribution in [3.05, 3.63) is 29.8 Å². The Labute approximate surface area is 126 Å². The molecule has 23 heavy (non-hydrogen) atoms. The fraction of sp³-hybridized carbons (Fsp3) is 0.308. The second-order valence-corrected chi connectivity index (χ2v) is 4.08. The highest BCUT2D eigenvalue weighted by molar-refractivity contribution is 5.79. The molecule has 0 aliphatic carbocycles. The van der Waals surface area contributed by atoms with Gasteiger partial charge < -0.3 is 4.74 Å². The van der Waals surface area contributed by atoms with Gasteiger partial charge in [-0.15, -0.1) is 6.42 Å². The van der Waals surface area contributed by atoms with E-state index in [-0.39, 0.29) is 12.2 Å². The number of hydrazone groups is 1. The molecule has 1 aromatic rings. The van der Waals surface area contributed by atoms with Crippen LogP contribution in [0.1, 0.15) is 5.56 Å². The maximum absolute atomic E-state index is 12.9. The van der Waals surface area contributed by atoms with Crippen molar-refractivity contribution in [3.8, 4) is 18.1 Å². The number of alkyl halides is 7. The third kappa shape index (κ3) is 4.51. The van der Waals surface area contributed by atoms with Gasteiger partial charge in [0.1, 0.15) is 12.4 Å². The maximum atomic E-state index is 12.9. The lowest BCUT2D eigenvalue weighted by molar-refractivity contribution is -0.361. The molecule has 0 saturated heterocycles. The van der Waals surface area contributed by atoms with Crippen LogP contribution < -0.4 is 10.2 Å². The molecule has 0 atom stereocenters. The first kappa shape index (κ1) is 18.6. The second-order valence-electron chi connectivity index (χ2n) is 4.08. The predicted molar refractivity (Wildman–Crippen MR) is 67.4 cm³/mol. The molecule has 126 valence electrons. The van der Waals surface area contributed by atoms with Crippen LogP contribution in [0.4, 0.5) is 30.7 Å². The molecule has 0 heterocycles. The topological polar surface area (TPSA) is 33.6 Å². The molecule has 0 radical (unpaired) electrons. The van der Waals surface area contributed by atoms with E-state index < -0.39 is 18.1 Å². The van der Waals surface area contributed by atoms with Crippen molar-refractivity contribution in [3.63, 3.8) is 0 Å². The molecule has 1 N–H and O–H groups in total. The average molecular weight is 342 g/mol. The Morgan fingerprint density at radius 3 is 2.13 bits per heavy atom. The van der Waals surface area contributed by atoms with Gasteiger partial charge in [-0.3, -0.25) is 0 Å². The van der Waals surface area contributed by atoms with E-state index >= 15 is 0 Å². The number of hydrogen-bond acceptors (Lipinski definition) is 3. The van der Waals surface area contributed by atoms with Crippen molar-refractivity contribution >= 4 is 6.21 Å². The molecule has 10 heteroatoms. The first-order valence-electron chi connectivity index (χ1n) is 5.80. The van der Waals surface area contributed by atoms with Gasteiger partial charge in [0, 0.05) is 0 Å². The monoisotopic (exact) mass is 342 g/mol. The first-order chi connectivity index (χ1) is 10.5. The van der Waals surface area contributed by atoms with Gasteiger partial charge in [0.15, 0.2) is 0 Å². The van der Waals surface area contributed by atoms with E-state index in [2.05, 4.69) is 11.0 Å². The average Bonchev–Trinajstić information content (AvgIpc) is 2.45. The molecular formula is C13H9F7N2O. The molecule has 3 nitrogen and oxygen atoms in total. The zero-order valence-electron chi connectivity index (χ0n) is 11.2. The Morgan fingerprint density at radius 2 is 1.65 bits per heavy atom. The van der Waals surface area contributed by atoms with Crippen LogP contribution in [0.15, 0.2) is 29.4 Å². The molecule has 0 fully saturated rings. The van der Waals surface area contributed by atoms with E-state index in [0.29, 0.717) is 17.4 Å². The van der Waals surface area contributed by atoms with Crippen LogP contribution in [0, 0.1) is 12.3 Å². The number of nitrogens with zero attached hydrogens (tertiary/aromatic N) is 1. The number of benzene rings is 1. The Hall–Kier alpha value is -2.44. The molecule has 1 rings (SSSR count). The van der Waals surface area contributed by atoms with E-state index in [1.807, 2.05) is 0 Å². The minimum absolute atomic E-state index is 0.00621. The van der Waals surface area contributed by atoms with Crippen molar-refractivity contribution in [2.75, 3.05) is 6.61 Å². The standard InChI is InChI=1S/C13H9F7N2O/c1-2-7-23-10-5-3-9(4-6-10)8-21-22-13(19,20)11(14,15)12(16,17)18/h1,3-6,8,22H,7H2/b21-8+. The summed E-state index contributed by atoms with van der Waals surface area (Å²) in [7, 11) is 0. The van der Waals surface area contributed by atoms with Crippen molar-refractivity contribution in [1.82, 2.24) is 5.43 Å². The number of halogens is 7. The summed E-state index contributed by atoms with van der Waals surface area (Å²) < 4.78 is 91.5. The lowest BCUT2D eigenvalue weighted by atomic mass is 10.2. The Balaban J connectivity index is 2.73. The van der Waals surface area contributed by atoms with Gasteiger partial charge in [-0.25, -0.2) is 5.43 Å². The van der Waals surface area contributed by atoms with Gasteiger partial charge in [-0.1, -0.05) is 5.92 Å². The van der Waals surface area contributed by atoms with Gasteiger partial charge in [0.25, 0.3) is 0 Å². The molecule has 0 aliphatic rings. The fourth-order valence-corrected chi connectivity index (χ4v) is 1.21. The lowest BCUT2D eigenvalue weighted by Crippen LogP contribution is -2.58. The van der Waals surface area contributed by atoms with Gasteiger partial charge in [-0.2, -0.15) is 35.8 Å². The van der Waals surface area contributed by atoms with E-state index in [1.54, 1.807) is 0 Å². The molecule has 0 aromatic heterocycles. The number of rotatable bonds is 6. The van der Waals surface area contributed by atoms with Crippen LogP contribution in [0.3, 0.4) is 0 Å². The van der Waals surface area contributed by atoms with E-state index in [9.17, 15) is 30.7 Å². The quantitative estimate of drug-likeness (QED) is 0.283. The Kier molecular flexibility index (Phi) is 5.47. The molecule has 0 unspecified atom stereocenters. The number of ether oxygens (including phenoxy) is 1. The van der Waals surface area contributed by atoms with E-state index in [4.69, 9.17) is 11.2 Å². The third-order valence-corrected chi connectivity index (χ3v) is 2.37. The van der Waals surface area contributed by atoms with Crippen molar-refractivity contribution in [1.29, 1.82) is 0 Å². The van der Waals surface area contributed by atoms with Crippen molar-refractivity contribution in [2.45, 2.75) is 18.1 Å². The molecule has 0 amide bonds. The first-order valence-corrected chi connectivity index (χ1v) is 5.80. The highest BCUT2D eigenvalue weighted by atomic mass is 19.4. The minimum Gasteiger partial charge on any atom is -0.481 e. The molecule has 0 aliphatic heterocycles. The van der Waals surface area contributed by atoms with Gasteiger partial charge in [-0.05, 0) is 29.8 Å².